The highest BCUT2D eigenvalue weighted by atomic mass is 16.3. The van der Waals surface area contributed by atoms with Crippen molar-refractivity contribution >= 4 is 22.1 Å². The van der Waals surface area contributed by atoms with Crippen molar-refractivity contribution in [3.8, 4) is 22.5 Å². The van der Waals surface area contributed by atoms with Crippen molar-refractivity contribution in [3.05, 3.63) is 83.0 Å². The highest BCUT2D eigenvalue weighted by Gasteiger charge is 2.37. The van der Waals surface area contributed by atoms with Crippen LogP contribution in [0.3, 0.4) is 0 Å². The lowest BCUT2D eigenvalue weighted by Crippen LogP contribution is -2.31. The van der Waals surface area contributed by atoms with E-state index in [4.69, 9.17) is 27.2 Å². The monoisotopic (exact) mass is 446 g/mol. The van der Waals surface area contributed by atoms with E-state index in [1.165, 1.54) is 30.5 Å². The molecule has 164 valence electrons. The molecule has 3 nitrogen and oxygen atoms in total. The zero-order valence-corrected chi connectivity index (χ0v) is 18.1. The maximum absolute atomic E-state index is 8.71. The zero-order valence-electron chi connectivity index (χ0n) is 31.1. The Labute approximate surface area is 213 Å². The summed E-state index contributed by atoms with van der Waals surface area (Å²) in [6.07, 6.45) is 1.48. The van der Waals surface area contributed by atoms with Gasteiger partial charge in [-0.25, -0.2) is 9.55 Å². The fourth-order valence-electron chi connectivity index (χ4n) is 4.81. The largest absolute Gasteiger partial charge is 0.437 e. The molecule has 1 aliphatic rings. The molecule has 3 heteroatoms. The Morgan fingerprint density at radius 2 is 1.88 bits per heavy atom. The van der Waals surface area contributed by atoms with E-state index in [-0.39, 0.29) is 28.1 Å². The van der Waals surface area contributed by atoms with E-state index in [0.717, 1.165) is 0 Å². The first-order valence-corrected chi connectivity index (χ1v) is 10.5. The highest BCUT2D eigenvalue weighted by molar-refractivity contribution is 6.09. The molecule has 0 atom stereocenters. The van der Waals surface area contributed by atoms with Crippen molar-refractivity contribution in [3.63, 3.8) is 0 Å². The second kappa shape index (κ2) is 6.77. The van der Waals surface area contributed by atoms with Crippen LogP contribution in [0.25, 0.3) is 44.6 Å². The van der Waals surface area contributed by atoms with Gasteiger partial charge in [0.25, 0.3) is 0 Å². The summed E-state index contributed by atoms with van der Waals surface area (Å²) in [5.74, 6) is -2.93. The Morgan fingerprint density at radius 1 is 1.03 bits per heavy atom. The van der Waals surface area contributed by atoms with Crippen molar-refractivity contribution < 1.29 is 26.8 Å². The average Bonchev–Trinajstić information content (AvgIpc) is 3.43. The lowest BCUT2D eigenvalue weighted by molar-refractivity contribution is -0.660. The molecular formula is C30H29N2O+. The molecule has 0 spiro atoms. The Bertz CT molecular complexity index is 2020. The Morgan fingerprint density at radius 3 is 2.70 bits per heavy atom. The lowest BCUT2D eigenvalue weighted by atomic mass is 9.82. The highest BCUT2D eigenvalue weighted by Crippen LogP contribution is 2.49. The normalized spacial score (nSPS) is 21.9. The fraction of sp³-hybridized carbons (Fsp3) is 0.267. The van der Waals surface area contributed by atoms with Crippen LogP contribution in [0.1, 0.15) is 73.4 Å². The van der Waals surface area contributed by atoms with Crippen LogP contribution in [-0.4, -0.2) is 4.98 Å². The molecule has 5 aromatic rings. The van der Waals surface area contributed by atoms with Crippen molar-refractivity contribution in [2.24, 2.45) is 7.05 Å². The van der Waals surface area contributed by atoms with Crippen LogP contribution >= 0.6 is 0 Å². The summed E-state index contributed by atoms with van der Waals surface area (Å²) in [6, 6.07) is 14.1. The first-order valence-electron chi connectivity index (χ1n) is 17.0. The first-order chi connectivity index (χ1) is 21.1. The summed E-state index contributed by atoms with van der Waals surface area (Å²) >= 11 is 0. The van der Waals surface area contributed by atoms with E-state index in [2.05, 4.69) is 0 Å². The molecule has 0 aliphatic heterocycles. The molecule has 33 heavy (non-hydrogen) atoms. The molecule has 0 amide bonds. The SMILES string of the molecule is [2H]C([2H])([2H])C([2H])(c1cc[n+](C)c(-c2c(C)ccc3c2oc2nc4c(cc23)C(C([2H])([2H])[2H])(C([2H])([2H])[2H])c2ccccc2-4)c1)C([2H])([2H])[2H]. The minimum Gasteiger partial charge on any atom is -0.437 e. The molecule has 6 rings (SSSR count). The number of furan rings is 1. The number of hydrogen-bond acceptors (Lipinski definition) is 2. The van der Waals surface area contributed by atoms with Gasteiger partial charge < -0.3 is 4.42 Å². The number of pyridine rings is 2. The van der Waals surface area contributed by atoms with E-state index in [1.807, 2.05) is 0 Å². The summed E-state index contributed by atoms with van der Waals surface area (Å²) in [4.78, 5) is 4.71. The third-order valence-corrected chi connectivity index (χ3v) is 6.53. The van der Waals surface area contributed by atoms with Gasteiger partial charge in [-0.05, 0) is 41.1 Å². The second-order valence-corrected chi connectivity index (χ2v) is 8.56. The molecule has 0 unspecified atom stereocenters. The molecule has 0 saturated heterocycles. The van der Waals surface area contributed by atoms with Gasteiger partial charge in [0.15, 0.2) is 11.8 Å². The summed E-state index contributed by atoms with van der Waals surface area (Å²) in [5, 5.41) is 0.861. The standard InChI is InChI=1S/C30H29N2O/c1-17(2)19-13-14-32(6)25(15-19)26-18(3)11-12-20-22-16-24-27(31-29(22)33-28(20)26)21-9-7-8-10-23(21)30(24,4)5/h7-17H,1-6H3/q+1/i1D3,2D3,4D3,5D3,17D. The van der Waals surface area contributed by atoms with Crippen LogP contribution in [0.4, 0.5) is 0 Å². The summed E-state index contributed by atoms with van der Waals surface area (Å²) in [7, 11) is 1.68. The predicted molar refractivity (Wildman–Crippen MR) is 135 cm³/mol. The molecule has 0 bridgehead atoms. The maximum Gasteiger partial charge on any atom is 0.227 e. The van der Waals surface area contributed by atoms with Gasteiger partial charge in [-0.1, -0.05) is 63.8 Å². The van der Waals surface area contributed by atoms with Crippen molar-refractivity contribution in [2.75, 3.05) is 0 Å². The second-order valence-electron chi connectivity index (χ2n) is 8.56. The summed E-state index contributed by atoms with van der Waals surface area (Å²) in [5.41, 5.74) is 0.0754. The fourth-order valence-corrected chi connectivity index (χ4v) is 4.81. The Balaban J connectivity index is 1.68. The molecule has 0 saturated carbocycles. The Kier molecular flexibility index (Phi) is 2.18. The van der Waals surface area contributed by atoms with Gasteiger partial charge in [-0.3, -0.25) is 0 Å². The molecule has 2 aromatic carbocycles. The zero-order chi connectivity index (χ0) is 34.0. The summed E-state index contributed by atoms with van der Waals surface area (Å²) < 4.78 is 116. The maximum atomic E-state index is 8.71. The van der Waals surface area contributed by atoms with Crippen LogP contribution in [0, 0.1) is 6.92 Å². The number of aromatic nitrogens is 2. The van der Waals surface area contributed by atoms with Crippen molar-refractivity contribution in [1.29, 1.82) is 0 Å². The van der Waals surface area contributed by atoms with Gasteiger partial charge >= 0.3 is 0 Å². The third-order valence-electron chi connectivity index (χ3n) is 6.53. The van der Waals surface area contributed by atoms with Crippen molar-refractivity contribution in [1.82, 2.24) is 4.98 Å². The summed E-state index contributed by atoms with van der Waals surface area (Å²) in [6.45, 7) is -10.5. The number of hydrogen-bond donors (Lipinski definition) is 0. The molecule has 3 heterocycles. The quantitative estimate of drug-likeness (QED) is 0.268. The van der Waals surface area contributed by atoms with Crippen LogP contribution in [0.15, 0.2) is 65.2 Å². The first kappa shape index (κ1) is 10.6. The minimum absolute atomic E-state index is 0.0351. The molecule has 0 N–H and O–H groups in total. The van der Waals surface area contributed by atoms with E-state index in [9.17, 15) is 0 Å². The van der Waals surface area contributed by atoms with Gasteiger partial charge in [-0.2, -0.15) is 0 Å². The average molecular weight is 447 g/mol. The molecule has 1 aliphatic carbocycles. The van der Waals surface area contributed by atoms with E-state index >= 15 is 0 Å². The Hall–Kier alpha value is -3.46. The minimum atomic E-state index is -3.19. The molecular weight excluding hydrogens is 404 g/mol. The van der Waals surface area contributed by atoms with Gasteiger partial charge in [0, 0.05) is 51.7 Å². The van der Waals surface area contributed by atoms with Gasteiger partial charge in [0.1, 0.15) is 7.05 Å². The lowest BCUT2D eigenvalue weighted by Gasteiger charge is -2.20. The van der Waals surface area contributed by atoms with E-state index in [1.54, 1.807) is 48.9 Å². The van der Waals surface area contributed by atoms with E-state index < -0.39 is 38.7 Å². The van der Waals surface area contributed by atoms with Gasteiger partial charge in [0.05, 0.1) is 11.3 Å². The van der Waals surface area contributed by atoms with Crippen LogP contribution < -0.4 is 4.57 Å². The van der Waals surface area contributed by atoms with Crippen molar-refractivity contribution in [2.45, 2.75) is 45.6 Å². The molecule has 0 radical (unpaired) electrons. The molecule has 3 aromatic heterocycles. The van der Waals surface area contributed by atoms with E-state index in [0.29, 0.717) is 38.7 Å². The predicted octanol–water partition coefficient (Wildman–Crippen LogP) is 7.21. The van der Waals surface area contributed by atoms with Crippen LogP contribution in [0.5, 0.6) is 0 Å². The van der Waals surface area contributed by atoms with Gasteiger partial charge in [0.2, 0.25) is 11.4 Å². The number of nitrogens with zero attached hydrogens (tertiary/aromatic N) is 2. The van der Waals surface area contributed by atoms with Crippen LogP contribution in [-0.2, 0) is 12.5 Å². The third kappa shape index (κ3) is 2.75. The van der Waals surface area contributed by atoms with Gasteiger partial charge in [-0.15, -0.1) is 0 Å². The number of fused-ring (bicyclic) bond motifs is 6. The number of benzene rings is 2. The molecule has 0 fully saturated rings. The van der Waals surface area contributed by atoms with Crippen LogP contribution in [0.2, 0.25) is 0 Å². The number of aryl methyl sites for hydroxylation is 2. The topological polar surface area (TPSA) is 29.9 Å². The number of rotatable bonds is 2. The smallest absolute Gasteiger partial charge is 0.227 e.